The fraction of sp³-hybridized carbons (Fsp3) is 0.444. The second kappa shape index (κ2) is 9.84. The van der Waals surface area contributed by atoms with Crippen molar-refractivity contribution in [3.8, 4) is 0 Å². The van der Waals surface area contributed by atoms with Crippen LogP contribution in [0.4, 0.5) is 8.78 Å². The number of hydrogen-bond acceptors (Lipinski definition) is 2. The van der Waals surface area contributed by atoms with Crippen LogP contribution in [0.3, 0.4) is 0 Å². The van der Waals surface area contributed by atoms with E-state index in [1.54, 1.807) is 11.7 Å². The first kappa shape index (κ1) is 22.3. The predicted molar refractivity (Wildman–Crippen MR) is 111 cm³/mol. The molecule has 2 rings (SSSR count). The van der Waals surface area contributed by atoms with Gasteiger partial charge in [-0.2, -0.15) is 5.10 Å². The maximum atomic E-state index is 13.7. The number of halogens is 3. The van der Waals surface area contributed by atoms with E-state index in [1.165, 1.54) is 6.07 Å². The van der Waals surface area contributed by atoms with Gasteiger partial charge < -0.3 is 10.2 Å². The molecule has 26 heavy (non-hydrogen) atoms. The summed E-state index contributed by atoms with van der Waals surface area (Å²) in [4.78, 5) is 6.15. The van der Waals surface area contributed by atoms with Gasteiger partial charge in [-0.05, 0) is 24.1 Å². The normalized spacial score (nSPS) is 11.5. The number of rotatable bonds is 5. The molecule has 1 N–H and O–H groups in total. The second-order valence-electron chi connectivity index (χ2n) is 6.36. The van der Waals surface area contributed by atoms with E-state index < -0.39 is 11.6 Å². The van der Waals surface area contributed by atoms with Crippen LogP contribution in [0, 0.1) is 11.6 Å². The average molecular weight is 477 g/mol. The summed E-state index contributed by atoms with van der Waals surface area (Å²) in [5, 5.41) is 7.57. The Morgan fingerprint density at radius 1 is 1.31 bits per heavy atom. The van der Waals surface area contributed by atoms with Gasteiger partial charge in [0.25, 0.3) is 0 Å². The Kier molecular flexibility index (Phi) is 8.45. The van der Waals surface area contributed by atoms with E-state index in [0.717, 1.165) is 23.4 Å². The predicted octanol–water partition coefficient (Wildman–Crippen LogP) is 3.65. The lowest BCUT2D eigenvalue weighted by Gasteiger charge is -2.22. The molecule has 0 unspecified atom stereocenters. The van der Waals surface area contributed by atoms with E-state index in [0.29, 0.717) is 18.4 Å². The molecule has 1 heterocycles. The Labute approximate surface area is 170 Å². The minimum Gasteiger partial charge on any atom is -0.352 e. The maximum absolute atomic E-state index is 13.7. The molecular formula is C18H26F2IN5. The fourth-order valence-electron chi connectivity index (χ4n) is 2.73. The highest BCUT2D eigenvalue weighted by molar-refractivity contribution is 14.0. The smallest absolute Gasteiger partial charge is 0.193 e. The number of nitrogens with zero attached hydrogens (tertiary/aromatic N) is 4. The van der Waals surface area contributed by atoms with Gasteiger partial charge in [-0.3, -0.25) is 9.67 Å². The highest BCUT2D eigenvalue weighted by atomic mass is 127. The van der Waals surface area contributed by atoms with Crippen LogP contribution in [0.2, 0.25) is 0 Å². The van der Waals surface area contributed by atoms with E-state index in [-0.39, 0.29) is 36.1 Å². The largest absolute Gasteiger partial charge is 0.352 e. The number of aryl methyl sites for hydroxylation is 1. The fourth-order valence-corrected chi connectivity index (χ4v) is 2.73. The van der Waals surface area contributed by atoms with E-state index in [1.807, 2.05) is 25.2 Å². The average Bonchev–Trinajstić information content (AvgIpc) is 2.91. The summed E-state index contributed by atoms with van der Waals surface area (Å²) in [6, 6.07) is 3.42. The molecule has 1 aromatic carbocycles. The van der Waals surface area contributed by atoms with Crippen LogP contribution in [0.15, 0.2) is 29.4 Å². The monoisotopic (exact) mass is 477 g/mol. The molecule has 0 aliphatic heterocycles. The zero-order chi connectivity index (χ0) is 18.6. The van der Waals surface area contributed by atoms with Crippen molar-refractivity contribution in [2.75, 3.05) is 14.1 Å². The van der Waals surface area contributed by atoms with Crippen molar-refractivity contribution >= 4 is 29.9 Å². The molecule has 8 heteroatoms. The third-order valence-corrected chi connectivity index (χ3v) is 3.91. The number of aliphatic imine (C=N–C) groups is 1. The van der Waals surface area contributed by atoms with E-state index in [2.05, 4.69) is 29.3 Å². The lowest BCUT2D eigenvalue weighted by molar-refractivity contribution is 0.471. The van der Waals surface area contributed by atoms with Crippen molar-refractivity contribution in [1.29, 1.82) is 0 Å². The summed E-state index contributed by atoms with van der Waals surface area (Å²) in [6.07, 6.45) is 1.99. The highest BCUT2D eigenvalue weighted by Gasteiger charge is 2.15. The minimum absolute atomic E-state index is 0. The summed E-state index contributed by atoms with van der Waals surface area (Å²) in [6.45, 7) is 4.98. The quantitative estimate of drug-likeness (QED) is 0.407. The van der Waals surface area contributed by atoms with Crippen LogP contribution in [0.1, 0.15) is 36.6 Å². The molecule has 0 saturated carbocycles. The molecule has 0 spiro atoms. The van der Waals surface area contributed by atoms with E-state index in [9.17, 15) is 8.78 Å². The molecule has 0 aliphatic carbocycles. The molecule has 0 aliphatic rings. The van der Waals surface area contributed by atoms with Gasteiger partial charge >= 0.3 is 0 Å². The van der Waals surface area contributed by atoms with Crippen LogP contribution in [-0.4, -0.2) is 34.7 Å². The lowest BCUT2D eigenvalue weighted by atomic mass is 10.1. The number of hydrogen-bond donors (Lipinski definition) is 1. The number of guanidine groups is 1. The lowest BCUT2D eigenvalue weighted by Crippen LogP contribution is -2.38. The third kappa shape index (κ3) is 5.65. The van der Waals surface area contributed by atoms with Gasteiger partial charge in [0.15, 0.2) is 5.96 Å². The Morgan fingerprint density at radius 2 is 2.00 bits per heavy atom. The van der Waals surface area contributed by atoms with Crippen LogP contribution < -0.4 is 5.32 Å². The molecular weight excluding hydrogens is 451 g/mol. The molecule has 0 fully saturated rings. The van der Waals surface area contributed by atoms with Crippen molar-refractivity contribution in [3.63, 3.8) is 0 Å². The summed E-state index contributed by atoms with van der Waals surface area (Å²) >= 11 is 0. The summed E-state index contributed by atoms with van der Waals surface area (Å²) < 4.78 is 28.8. The van der Waals surface area contributed by atoms with Crippen LogP contribution in [0.5, 0.6) is 0 Å². The Hall–Kier alpha value is -1.71. The molecule has 144 valence electrons. The van der Waals surface area contributed by atoms with Crippen LogP contribution in [-0.2, 0) is 20.1 Å². The Balaban J connectivity index is 0.00000338. The van der Waals surface area contributed by atoms with Crippen LogP contribution >= 0.6 is 24.0 Å². The second-order valence-corrected chi connectivity index (χ2v) is 6.36. The zero-order valence-corrected chi connectivity index (χ0v) is 18.1. The summed E-state index contributed by atoms with van der Waals surface area (Å²) in [5.41, 5.74) is 2.42. The number of nitrogens with one attached hydrogen (secondary N) is 1. The van der Waals surface area contributed by atoms with Crippen molar-refractivity contribution in [1.82, 2.24) is 20.0 Å². The van der Waals surface area contributed by atoms with Crippen molar-refractivity contribution in [2.45, 2.75) is 32.9 Å². The van der Waals surface area contributed by atoms with Crippen molar-refractivity contribution in [3.05, 3.63) is 52.9 Å². The topological polar surface area (TPSA) is 45.5 Å². The number of aromatic nitrogens is 2. The van der Waals surface area contributed by atoms with Crippen molar-refractivity contribution < 1.29 is 8.78 Å². The van der Waals surface area contributed by atoms with Gasteiger partial charge in [0.05, 0.1) is 5.69 Å². The molecule has 0 amide bonds. The van der Waals surface area contributed by atoms with Gasteiger partial charge in [-0.25, -0.2) is 8.78 Å². The molecule has 0 saturated heterocycles. The Bertz CT molecular complexity index is 758. The molecule has 1 aromatic heterocycles. The van der Waals surface area contributed by atoms with Gasteiger partial charge in [-0.15, -0.1) is 24.0 Å². The molecule has 0 radical (unpaired) electrons. The van der Waals surface area contributed by atoms with Gasteiger partial charge in [0.2, 0.25) is 0 Å². The number of benzene rings is 1. The standard InChI is InChI=1S/C18H25F2N5.HI/c1-12(2)17-14(11-25(5)23-17)10-24(4)18(21-3)22-9-13-8-15(19)6-7-16(13)20;/h6-8,11-12H,9-10H2,1-5H3,(H,21,22);1H. The first-order chi connectivity index (χ1) is 11.8. The first-order valence-electron chi connectivity index (χ1n) is 8.20. The van der Waals surface area contributed by atoms with Gasteiger partial charge in [0, 0.05) is 51.6 Å². The third-order valence-electron chi connectivity index (χ3n) is 3.91. The molecule has 2 aromatic rings. The van der Waals surface area contributed by atoms with E-state index >= 15 is 0 Å². The molecule has 0 atom stereocenters. The summed E-state index contributed by atoms with van der Waals surface area (Å²) in [7, 11) is 5.46. The SMILES string of the molecule is CN=C(NCc1cc(F)ccc1F)N(C)Cc1cn(C)nc1C(C)C.I. The first-order valence-corrected chi connectivity index (χ1v) is 8.20. The highest BCUT2D eigenvalue weighted by Crippen LogP contribution is 2.18. The van der Waals surface area contributed by atoms with Crippen molar-refractivity contribution in [2.24, 2.45) is 12.0 Å². The molecule has 5 nitrogen and oxygen atoms in total. The van der Waals surface area contributed by atoms with Gasteiger partial charge in [-0.1, -0.05) is 13.8 Å². The van der Waals surface area contributed by atoms with Crippen LogP contribution in [0.25, 0.3) is 0 Å². The zero-order valence-electron chi connectivity index (χ0n) is 15.8. The minimum atomic E-state index is -0.460. The molecule has 0 bridgehead atoms. The maximum Gasteiger partial charge on any atom is 0.193 e. The van der Waals surface area contributed by atoms with Gasteiger partial charge in [0.1, 0.15) is 11.6 Å². The Morgan fingerprint density at radius 3 is 2.62 bits per heavy atom. The summed E-state index contributed by atoms with van der Waals surface area (Å²) in [5.74, 6) is 0.0167. The van der Waals surface area contributed by atoms with E-state index in [4.69, 9.17) is 0 Å².